The van der Waals surface area contributed by atoms with Crippen molar-refractivity contribution in [2.45, 2.75) is 0 Å². The summed E-state index contributed by atoms with van der Waals surface area (Å²) in [4.78, 5) is 15.4. The predicted molar refractivity (Wildman–Crippen MR) is 195 cm³/mol. The molecular weight excluding hydrogens is 599 g/mol. The van der Waals surface area contributed by atoms with E-state index in [4.69, 9.17) is 15.0 Å². The molecule has 0 fully saturated rings. The van der Waals surface area contributed by atoms with Gasteiger partial charge in [-0.15, -0.1) is 22.7 Å². The van der Waals surface area contributed by atoms with Crippen LogP contribution >= 0.6 is 22.7 Å². The zero-order chi connectivity index (χ0) is 30.5. The molecule has 9 rings (SSSR count). The highest BCUT2D eigenvalue weighted by Gasteiger charge is 2.19. The zero-order valence-corrected chi connectivity index (χ0v) is 26.2. The number of para-hydroxylation sites is 1. The Bertz CT molecular complexity index is 2480. The number of thiazole rings is 1. The fourth-order valence-electron chi connectivity index (χ4n) is 6.13. The normalized spacial score (nSPS) is 11.5. The SMILES string of the molecule is c1ccc(-c2ccc(-c3cc(-c4ccccc4)nc(-c4cccc5sc6c(-c7nc8ccccc8s7)cccc6c45)n3)cc2)cc1. The molecule has 3 heterocycles. The monoisotopic (exact) mass is 623 g/mol. The van der Waals surface area contributed by atoms with Crippen LogP contribution in [0.4, 0.5) is 0 Å². The summed E-state index contributed by atoms with van der Waals surface area (Å²) in [6.07, 6.45) is 0. The summed E-state index contributed by atoms with van der Waals surface area (Å²) in [5, 5.41) is 3.43. The largest absolute Gasteiger partial charge is 0.236 e. The maximum Gasteiger partial charge on any atom is 0.161 e. The van der Waals surface area contributed by atoms with Crippen molar-refractivity contribution in [3.63, 3.8) is 0 Å². The van der Waals surface area contributed by atoms with Crippen LogP contribution < -0.4 is 0 Å². The van der Waals surface area contributed by atoms with Crippen LogP contribution in [0, 0.1) is 0 Å². The molecule has 0 amide bonds. The van der Waals surface area contributed by atoms with E-state index in [1.165, 1.54) is 41.6 Å². The van der Waals surface area contributed by atoms with Crippen LogP contribution in [0.3, 0.4) is 0 Å². The number of nitrogens with zero attached hydrogens (tertiary/aromatic N) is 3. The third-order valence-electron chi connectivity index (χ3n) is 8.37. The first-order valence-electron chi connectivity index (χ1n) is 15.2. The summed E-state index contributed by atoms with van der Waals surface area (Å²) in [6, 6.07) is 53.0. The van der Waals surface area contributed by atoms with Gasteiger partial charge in [0.15, 0.2) is 5.82 Å². The standard InChI is InChI=1S/C41H25N3S2/c1-3-11-26(12-4-1)27-21-23-29(24-22-27)35-25-34(28-13-5-2-6-14-28)42-40(43-35)31-16-10-20-37-38(31)30-15-9-17-32(39(30)45-37)41-44-33-18-7-8-19-36(33)46-41/h1-25H. The molecule has 0 aliphatic rings. The Kier molecular flexibility index (Phi) is 6.51. The molecule has 5 heteroatoms. The highest BCUT2D eigenvalue weighted by Crippen LogP contribution is 2.45. The average molecular weight is 624 g/mol. The Morgan fingerprint density at radius 3 is 1.76 bits per heavy atom. The number of thiophene rings is 1. The van der Waals surface area contributed by atoms with Crippen molar-refractivity contribution in [2.75, 3.05) is 0 Å². The molecule has 0 saturated carbocycles. The molecule has 0 aliphatic carbocycles. The van der Waals surface area contributed by atoms with E-state index in [2.05, 4.69) is 133 Å². The van der Waals surface area contributed by atoms with Gasteiger partial charge in [0.2, 0.25) is 0 Å². The lowest BCUT2D eigenvalue weighted by Gasteiger charge is -2.11. The number of hydrogen-bond acceptors (Lipinski definition) is 5. The van der Waals surface area contributed by atoms with Crippen molar-refractivity contribution in [1.29, 1.82) is 0 Å². The molecule has 0 radical (unpaired) electrons. The molecule has 0 N–H and O–H groups in total. The second kappa shape index (κ2) is 11.1. The highest BCUT2D eigenvalue weighted by molar-refractivity contribution is 7.27. The number of rotatable bonds is 5. The minimum absolute atomic E-state index is 0.721. The smallest absolute Gasteiger partial charge is 0.161 e. The second-order valence-corrected chi connectivity index (χ2v) is 13.3. The first kappa shape index (κ1) is 26.9. The van der Waals surface area contributed by atoms with Crippen LogP contribution in [-0.2, 0) is 0 Å². The summed E-state index contributed by atoms with van der Waals surface area (Å²) >= 11 is 3.56. The van der Waals surface area contributed by atoms with Gasteiger partial charge in [0, 0.05) is 42.4 Å². The third-order valence-corrected chi connectivity index (χ3v) is 10.6. The van der Waals surface area contributed by atoms with E-state index in [-0.39, 0.29) is 0 Å². The zero-order valence-electron chi connectivity index (χ0n) is 24.6. The van der Waals surface area contributed by atoms with E-state index in [9.17, 15) is 0 Å². The molecule has 9 aromatic rings. The molecule has 0 spiro atoms. The lowest BCUT2D eigenvalue weighted by Crippen LogP contribution is -1.96. The van der Waals surface area contributed by atoms with E-state index in [1.807, 2.05) is 29.5 Å². The van der Waals surface area contributed by atoms with Crippen LogP contribution in [0.15, 0.2) is 152 Å². The van der Waals surface area contributed by atoms with Gasteiger partial charge >= 0.3 is 0 Å². The molecule has 3 aromatic heterocycles. The molecule has 0 unspecified atom stereocenters. The van der Waals surface area contributed by atoms with E-state index < -0.39 is 0 Å². The first-order valence-corrected chi connectivity index (χ1v) is 16.8. The van der Waals surface area contributed by atoms with Crippen molar-refractivity contribution in [2.24, 2.45) is 0 Å². The first-order chi connectivity index (χ1) is 22.8. The molecule has 46 heavy (non-hydrogen) atoms. The number of benzene rings is 6. The number of aromatic nitrogens is 3. The second-order valence-electron chi connectivity index (χ2n) is 11.2. The summed E-state index contributed by atoms with van der Waals surface area (Å²) in [7, 11) is 0. The van der Waals surface area contributed by atoms with Crippen molar-refractivity contribution in [3.8, 4) is 55.6 Å². The average Bonchev–Trinajstić information content (AvgIpc) is 3.74. The maximum atomic E-state index is 5.23. The molecule has 0 saturated heterocycles. The van der Waals surface area contributed by atoms with Crippen LogP contribution in [0.25, 0.3) is 86.0 Å². The van der Waals surface area contributed by atoms with E-state index >= 15 is 0 Å². The van der Waals surface area contributed by atoms with Gasteiger partial charge in [-0.25, -0.2) is 15.0 Å². The van der Waals surface area contributed by atoms with Crippen LogP contribution in [0.1, 0.15) is 0 Å². The van der Waals surface area contributed by atoms with Crippen molar-refractivity contribution < 1.29 is 0 Å². The minimum atomic E-state index is 0.721. The van der Waals surface area contributed by atoms with E-state index in [0.717, 1.165) is 44.4 Å². The van der Waals surface area contributed by atoms with Crippen LogP contribution in [0.5, 0.6) is 0 Å². The fourth-order valence-corrected chi connectivity index (χ4v) is 8.43. The van der Waals surface area contributed by atoms with E-state index in [0.29, 0.717) is 0 Å². The van der Waals surface area contributed by atoms with Gasteiger partial charge < -0.3 is 0 Å². The van der Waals surface area contributed by atoms with Gasteiger partial charge in [0.05, 0.1) is 21.6 Å². The van der Waals surface area contributed by atoms with Gasteiger partial charge in [-0.3, -0.25) is 0 Å². The Morgan fingerprint density at radius 2 is 1.00 bits per heavy atom. The Labute approximate surface area is 274 Å². The Hall–Kier alpha value is -5.49. The molecule has 216 valence electrons. The minimum Gasteiger partial charge on any atom is -0.236 e. The lowest BCUT2D eigenvalue weighted by molar-refractivity contribution is 1.19. The van der Waals surface area contributed by atoms with Crippen LogP contribution in [-0.4, -0.2) is 15.0 Å². The summed E-state index contributed by atoms with van der Waals surface area (Å²) in [6.45, 7) is 0. The molecule has 0 atom stereocenters. The van der Waals surface area contributed by atoms with Gasteiger partial charge in [-0.05, 0) is 35.4 Å². The highest BCUT2D eigenvalue weighted by atomic mass is 32.1. The van der Waals surface area contributed by atoms with Crippen LogP contribution in [0.2, 0.25) is 0 Å². The molecular formula is C41H25N3S2. The van der Waals surface area contributed by atoms with Gasteiger partial charge in [0.25, 0.3) is 0 Å². The summed E-state index contributed by atoms with van der Waals surface area (Å²) < 4.78 is 3.65. The van der Waals surface area contributed by atoms with Crippen molar-refractivity contribution in [1.82, 2.24) is 15.0 Å². The molecule has 0 aliphatic heterocycles. The van der Waals surface area contributed by atoms with Crippen molar-refractivity contribution in [3.05, 3.63) is 152 Å². The fraction of sp³-hybridized carbons (Fsp3) is 0. The lowest BCUT2D eigenvalue weighted by atomic mass is 10.0. The molecule has 6 aromatic carbocycles. The maximum absolute atomic E-state index is 5.23. The predicted octanol–water partition coefficient (Wildman–Crippen LogP) is 11.8. The van der Waals surface area contributed by atoms with Gasteiger partial charge in [-0.1, -0.05) is 127 Å². The van der Waals surface area contributed by atoms with Crippen molar-refractivity contribution >= 4 is 53.1 Å². The quantitative estimate of drug-likeness (QED) is 0.191. The Morgan fingerprint density at radius 1 is 0.413 bits per heavy atom. The third kappa shape index (κ3) is 4.69. The number of hydrogen-bond donors (Lipinski definition) is 0. The molecule has 3 nitrogen and oxygen atoms in total. The topological polar surface area (TPSA) is 38.7 Å². The van der Waals surface area contributed by atoms with Gasteiger partial charge in [0.1, 0.15) is 5.01 Å². The van der Waals surface area contributed by atoms with Gasteiger partial charge in [-0.2, -0.15) is 0 Å². The molecule has 0 bridgehead atoms. The summed E-state index contributed by atoms with van der Waals surface area (Å²) in [5.74, 6) is 0.721. The number of fused-ring (bicyclic) bond motifs is 4. The van der Waals surface area contributed by atoms with E-state index in [1.54, 1.807) is 11.3 Å². The summed E-state index contributed by atoms with van der Waals surface area (Å²) in [5.41, 5.74) is 9.54. The Balaban J connectivity index is 1.23.